The van der Waals surface area contributed by atoms with Crippen LogP contribution in [-0.2, 0) is 14.2 Å². The van der Waals surface area contributed by atoms with Crippen molar-refractivity contribution < 1.29 is 69.3 Å². The molecule has 3 aromatic rings. The van der Waals surface area contributed by atoms with Crippen LogP contribution < -0.4 is 10.2 Å². The Hall–Kier alpha value is -3.67. The van der Waals surface area contributed by atoms with Gasteiger partial charge < -0.3 is 69.3 Å². The van der Waals surface area contributed by atoms with Crippen molar-refractivity contribution in [2.24, 2.45) is 0 Å². The minimum atomic E-state index is -1.78. The van der Waals surface area contributed by atoms with E-state index in [1.165, 1.54) is 13.0 Å². The molecule has 1 aromatic heterocycles. The Morgan fingerprint density at radius 2 is 1.56 bits per heavy atom. The van der Waals surface area contributed by atoms with Gasteiger partial charge in [0.2, 0.25) is 17.5 Å². The molecular formula is C26H28O15. The second-order valence-electron chi connectivity index (χ2n) is 9.79. The number of benzene rings is 2. The molecule has 2 aliphatic heterocycles. The molecule has 5 rings (SSSR count). The highest BCUT2D eigenvalue weighted by atomic mass is 16.8. The zero-order valence-electron chi connectivity index (χ0n) is 21.3. The molecule has 15 nitrogen and oxygen atoms in total. The Labute approximate surface area is 230 Å². The van der Waals surface area contributed by atoms with Crippen LogP contribution >= 0.6 is 0 Å². The molecule has 0 unspecified atom stereocenters. The minimum absolute atomic E-state index is 0.00203. The monoisotopic (exact) mass is 580 g/mol. The minimum Gasteiger partial charge on any atom is -0.508 e. The van der Waals surface area contributed by atoms with E-state index in [9.17, 15) is 50.8 Å². The Balaban J connectivity index is 1.61. The SMILES string of the molecule is C[C@@H]1O[C@@H](Oc2c(-c3ccc(O)c(O)c3)oc3cc(O)cc(O)c3c2=O)[C@H](O[C@@H]2OC[C@H](O)[C@H](O)[C@@H]2O)[C@H](O)[C@H]1O. The van der Waals surface area contributed by atoms with Gasteiger partial charge in [0.25, 0.3) is 0 Å². The van der Waals surface area contributed by atoms with Crippen molar-refractivity contribution >= 4 is 11.0 Å². The van der Waals surface area contributed by atoms with Crippen LogP contribution in [0.5, 0.6) is 28.7 Å². The molecular weight excluding hydrogens is 552 g/mol. The lowest BCUT2D eigenvalue weighted by molar-refractivity contribution is -0.341. The summed E-state index contributed by atoms with van der Waals surface area (Å²) in [7, 11) is 0. The summed E-state index contributed by atoms with van der Waals surface area (Å²) >= 11 is 0. The summed E-state index contributed by atoms with van der Waals surface area (Å²) < 4.78 is 28.2. The highest BCUT2D eigenvalue weighted by molar-refractivity contribution is 5.88. The number of aliphatic hydroxyl groups is 5. The number of phenolic OH excluding ortho intramolecular Hbond substituents is 4. The average Bonchev–Trinajstić information content (AvgIpc) is 2.92. The highest BCUT2D eigenvalue weighted by Gasteiger charge is 2.49. The normalized spacial score (nSPS) is 32.2. The number of aromatic hydroxyl groups is 4. The van der Waals surface area contributed by atoms with Crippen LogP contribution in [0.4, 0.5) is 0 Å². The van der Waals surface area contributed by atoms with Crippen molar-refractivity contribution in [1.29, 1.82) is 0 Å². The molecule has 2 aliphatic rings. The predicted octanol–water partition coefficient (Wildman–Crippen LogP) is -1.05. The molecule has 41 heavy (non-hydrogen) atoms. The number of fused-ring (bicyclic) bond motifs is 1. The topological polar surface area (TPSA) is 249 Å². The molecule has 3 heterocycles. The van der Waals surface area contributed by atoms with Gasteiger partial charge in [0, 0.05) is 17.7 Å². The number of ether oxygens (including phenoxy) is 4. The first-order valence-corrected chi connectivity index (χ1v) is 12.4. The van der Waals surface area contributed by atoms with E-state index < -0.39 is 101 Å². The quantitative estimate of drug-likeness (QED) is 0.163. The average molecular weight is 580 g/mol. The fourth-order valence-corrected chi connectivity index (χ4v) is 4.64. The van der Waals surface area contributed by atoms with E-state index in [-0.39, 0.29) is 16.9 Å². The Bertz CT molecular complexity index is 1490. The number of rotatable bonds is 5. The Kier molecular flexibility index (Phi) is 7.71. The van der Waals surface area contributed by atoms with E-state index >= 15 is 0 Å². The lowest BCUT2D eigenvalue weighted by atomic mass is 9.99. The summed E-state index contributed by atoms with van der Waals surface area (Å²) in [5.74, 6) is -3.14. The van der Waals surface area contributed by atoms with Crippen molar-refractivity contribution in [3.63, 3.8) is 0 Å². The summed E-state index contributed by atoms with van der Waals surface area (Å²) in [6, 6.07) is 5.36. The van der Waals surface area contributed by atoms with E-state index in [2.05, 4.69) is 0 Å². The van der Waals surface area contributed by atoms with E-state index in [1.54, 1.807) is 0 Å². The fraction of sp³-hybridized carbons (Fsp3) is 0.423. The molecule has 0 bridgehead atoms. The number of phenols is 4. The number of hydrogen-bond acceptors (Lipinski definition) is 15. The molecule has 2 saturated heterocycles. The van der Waals surface area contributed by atoms with Crippen LogP contribution in [0.2, 0.25) is 0 Å². The molecule has 9 N–H and O–H groups in total. The van der Waals surface area contributed by atoms with Crippen LogP contribution in [-0.4, -0.2) is 108 Å². The second kappa shape index (κ2) is 11.0. The van der Waals surface area contributed by atoms with Gasteiger partial charge in [0.15, 0.2) is 29.7 Å². The van der Waals surface area contributed by atoms with Gasteiger partial charge in [-0.1, -0.05) is 0 Å². The molecule has 15 heteroatoms. The van der Waals surface area contributed by atoms with Gasteiger partial charge in [-0.3, -0.25) is 4.79 Å². The van der Waals surface area contributed by atoms with Gasteiger partial charge in [0.1, 0.15) is 53.0 Å². The Morgan fingerprint density at radius 3 is 2.27 bits per heavy atom. The van der Waals surface area contributed by atoms with Crippen LogP contribution in [0.25, 0.3) is 22.3 Å². The molecule has 0 amide bonds. The molecule has 0 spiro atoms. The standard InChI is InChI=1S/C26H28O15/c1-8-17(32)20(35)24(41-25-21(36)18(33)14(31)7-37-25)26(38-8)40-23-19(34)16-13(30)5-10(27)6-15(16)39-22(23)9-2-3-11(28)12(29)4-9/h2-6,8,14,17-18,20-21,24-33,35-36H,7H2,1H3/t8-,14-,17-,18-,20+,21-,24+,25-,26-/m0/s1. The van der Waals surface area contributed by atoms with Crippen LogP contribution in [0, 0.1) is 0 Å². The molecule has 0 radical (unpaired) electrons. The van der Waals surface area contributed by atoms with E-state index in [4.69, 9.17) is 23.4 Å². The summed E-state index contributed by atoms with van der Waals surface area (Å²) in [6.45, 7) is 0.953. The van der Waals surface area contributed by atoms with Crippen molar-refractivity contribution in [3.8, 4) is 40.1 Å². The lowest BCUT2D eigenvalue weighted by Gasteiger charge is -2.44. The van der Waals surface area contributed by atoms with Gasteiger partial charge in [-0.2, -0.15) is 0 Å². The maximum atomic E-state index is 13.7. The first-order chi connectivity index (χ1) is 19.4. The third-order valence-corrected chi connectivity index (χ3v) is 6.92. The van der Waals surface area contributed by atoms with Gasteiger partial charge >= 0.3 is 0 Å². The zero-order chi connectivity index (χ0) is 29.7. The second-order valence-corrected chi connectivity index (χ2v) is 9.79. The van der Waals surface area contributed by atoms with Gasteiger partial charge in [-0.05, 0) is 25.1 Å². The van der Waals surface area contributed by atoms with E-state index in [1.807, 2.05) is 0 Å². The summed E-state index contributed by atoms with van der Waals surface area (Å²) in [5, 5.41) is 91.1. The largest absolute Gasteiger partial charge is 0.508 e. The third kappa shape index (κ3) is 5.25. The van der Waals surface area contributed by atoms with Gasteiger partial charge in [-0.15, -0.1) is 0 Å². The van der Waals surface area contributed by atoms with Crippen molar-refractivity contribution in [1.82, 2.24) is 0 Å². The summed E-state index contributed by atoms with van der Waals surface area (Å²) in [4.78, 5) is 13.7. The van der Waals surface area contributed by atoms with Crippen LogP contribution in [0.3, 0.4) is 0 Å². The number of aliphatic hydroxyl groups excluding tert-OH is 5. The molecule has 0 aliphatic carbocycles. The first-order valence-electron chi connectivity index (χ1n) is 12.4. The maximum Gasteiger partial charge on any atom is 0.239 e. The highest BCUT2D eigenvalue weighted by Crippen LogP contribution is 2.39. The zero-order valence-corrected chi connectivity index (χ0v) is 21.3. The van der Waals surface area contributed by atoms with Gasteiger partial charge in [-0.25, -0.2) is 0 Å². The molecule has 222 valence electrons. The molecule has 9 atom stereocenters. The van der Waals surface area contributed by atoms with E-state index in [0.29, 0.717) is 0 Å². The van der Waals surface area contributed by atoms with Crippen LogP contribution in [0.15, 0.2) is 39.5 Å². The van der Waals surface area contributed by atoms with Crippen molar-refractivity contribution in [3.05, 3.63) is 40.6 Å². The van der Waals surface area contributed by atoms with E-state index in [0.717, 1.165) is 24.3 Å². The van der Waals surface area contributed by atoms with Crippen molar-refractivity contribution in [2.75, 3.05) is 6.61 Å². The summed E-state index contributed by atoms with van der Waals surface area (Å²) in [6.07, 6.45) is -14.3. The molecule has 2 fully saturated rings. The first kappa shape index (κ1) is 28.8. The van der Waals surface area contributed by atoms with Gasteiger partial charge in [0.05, 0.1) is 12.7 Å². The predicted molar refractivity (Wildman–Crippen MR) is 134 cm³/mol. The molecule has 2 aromatic carbocycles. The Morgan fingerprint density at radius 1 is 0.829 bits per heavy atom. The van der Waals surface area contributed by atoms with Crippen molar-refractivity contribution in [2.45, 2.75) is 62.2 Å². The molecule has 0 saturated carbocycles. The third-order valence-electron chi connectivity index (χ3n) is 6.92. The number of hydrogen-bond donors (Lipinski definition) is 9. The summed E-state index contributed by atoms with van der Waals surface area (Å²) in [5.41, 5.74) is -1.24. The smallest absolute Gasteiger partial charge is 0.239 e. The maximum absolute atomic E-state index is 13.7. The fourth-order valence-electron chi connectivity index (χ4n) is 4.64. The lowest BCUT2D eigenvalue weighted by Crippen LogP contribution is -2.62. The van der Waals surface area contributed by atoms with Crippen LogP contribution in [0.1, 0.15) is 6.92 Å².